The second-order valence-electron chi connectivity index (χ2n) is 3.55. The molecule has 2 aromatic rings. The maximum Gasteiger partial charge on any atom is 0.228 e. The van der Waals surface area contributed by atoms with Gasteiger partial charge in [-0.1, -0.05) is 19.1 Å². The highest BCUT2D eigenvalue weighted by atomic mass is 15.1. The number of rotatable bonds is 3. The van der Waals surface area contributed by atoms with Gasteiger partial charge in [-0.25, -0.2) is 9.97 Å². The van der Waals surface area contributed by atoms with Crippen LogP contribution in [-0.4, -0.2) is 9.97 Å². The number of nitriles is 1. The molecule has 17 heavy (non-hydrogen) atoms. The van der Waals surface area contributed by atoms with Gasteiger partial charge in [0.15, 0.2) is 0 Å². The molecular weight excluding hydrogens is 212 g/mol. The molecule has 0 aliphatic carbocycles. The molecule has 2 rings (SSSR count). The Morgan fingerprint density at radius 2 is 2.00 bits per heavy atom. The van der Waals surface area contributed by atoms with E-state index in [-0.39, 0.29) is 0 Å². The Labute approximate surface area is 100.0 Å². The number of aromatic nitrogens is 2. The second-order valence-corrected chi connectivity index (χ2v) is 3.55. The molecule has 4 nitrogen and oxygen atoms in total. The van der Waals surface area contributed by atoms with E-state index >= 15 is 0 Å². The summed E-state index contributed by atoms with van der Waals surface area (Å²) in [4.78, 5) is 8.10. The lowest BCUT2D eigenvalue weighted by Crippen LogP contribution is -1.98. The Morgan fingerprint density at radius 3 is 2.65 bits per heavy atom. The molecule has 0 spiro atoms. The van der Waals surface area contributed by atoms with E-state index in [1.807, 2.05) is 18.2 Å². The molecule has 0 atom stereocenters. The first kappa shape index (κ1) is 11.1. The molecule has 0 amide bonds. The minimum absolute atomic E-state index is 0.354. The molecule has 84 valence electrons. The molecule has 1 aromatic carbocycles. The molecule has 1 aromatic heterocycles. The summed E-state index contributed by atoms with van der Waals surface area (Å²) in [5.74, 6) is 0.438. The van der Waals surface area contributed by atoms with Crippen molar-refractivity contribution in [2.75, 3.05) is 5.32 Å². The van der Waals surface area contributed by atoms with E-state index in [1.165, 1.54) is 5.56 Å². The molecule has 1 heterocycles. The number of nitrogens with one attached hydrogen (secondary N) is 1. The van der Waals surface area contributed by atoms with Gasteiger partial charge in [-0.15, -0.1) is 0 Å². The Kier molecular flexibility index (Phi) is 3.31. The first-order chi connectivity index (χ1) is 8.31. The third kappa shape index (κ3) is 2.79. The van der Waals surface area contributed by atoms with Crippen LogP contribution < -0.4 is 5.32 Å². The van der Waals surface area contributed by atoms with Crippen LogP contribution >= 0.6 is 0 Å². The van der Waals surface area contributed by atoms with Crippen molar-refractivity contribution in [2.24, 2.45) is 0 Å². The van der Waals surface area contributed by atoms with Crippen LogP contribution in [0.1, 0.15) is 18.2 Å². The molecule has 4 heteroatoms. The molecule has 0 unspecified atom stereocenters. The van der Waals surface area contributed by atoms with Gasteiger partial charge in [-0.05, 0) is 30.2 Å². The third-order valence-corrected chi connectivity index (χ3v) is 2.39. The molecule has 0 saturated heterocycles. The van der Waals surface area contributed by atoms with Gasteiger partial charge in [0.25, 0.3) is 0 Å². The lowest BCUT2D eigenvalue weighted by Gasteiger charge is -2.05. The predicted molar refractivity (Wildman–Crippen MR) is 65.8 cm³/mol. The Bertz CT molecular complexity index is 540. The zero-order chi connectivity index (χ0) is 12.1. The normalized spacial score (nSPS) is 9.65. The minimum atomic E-state index is 0.354. The fourth-order valence-corrected chi connectivity index (χ4v) is 1.43. The highest BCUT2D eigenvalue weighted by Crippen LogP contribution is 2.14. The summed E-state index contributed by atoms with van der Waals surface area (Å²) >= 11 is 0. The van der Waals surface area contributed by atoms with E-state index in [0.29, 0.717) is 11.6 Å². The quantitative estimate of drug-likeness (QED) is 0.870. The van der Waals surface area contributed by atoms with Crippen molar-refractivity contribution < 1.29 is 0 Å². The maximum absolute atomic E-state index is 8.73. The van der Waals surface area contributed by atoms with Gasteiger partial charge in [0, 0.05) is 11.9 Å². The molecule has 0 radical (unpaired) electrons. The topological polar surface area (TPSA) is 61.6 Å². The summed E-state index contributed by atoms with van der Waals surface area (Å²) in [5.41, 5.74) is 2.55. The smallest absolute Gasteiger partial charge is 0.228 e. The van der Waals surface area contributed by atoms with Crippen LogP contribution in [0, 0.1) is 11.3 Å². The van der Waals surface area contributed by atoms with Crippen LogP contribution in [0.5, 0.6) is 0 Å². The summed E-state index contributed by atoms with van der Waals surface area (Å²) in [5, 5.41) is 11.8. The second kappa shape index (κ2) is 5.08. The lowest BCUT2D eigenvalue weighted by molar-refractivity contribution is 1.13. The van der Waals surface area contributed by atoms with E-state index < -0.39 is 0 Å². The number of hydrogen-bond donors (Lipinski definition) is 1. The van der Waals surface area contributed by atoms with Crippen LogP contribution in [0.4, 0.5) is 11.6 Å². The van der Waals surface area contributed by atoms with Crippen LogP contribution in [-0.2, 0) is 6.42 Å². The summed E-state index contributed by atoms with van der Waals surface area (Å²) in [6.45, 7) is 2.11. The highest BCUT2D eigenvalue weighted by Gasteiger charge is 1.99. The van der Waals surface area contributed by atoms with Crippen molar-refractivity contribution in [3.05, 3.63) is 47.8 Å². The Morgan fingerprint density at radius 1 is 1.24 bits per heavy atom. The number of benzene rings is 1. The number of nitrogens with zero attached hydrogens (tertiary/aromatic N) is 3. The zero-order valence-electron chi connectivity index (χ0n) is 9.51. The predicted octanol–water partition coefficient (Wildman–Crippen LogP) is 2.65. The van der Waals surface area contributed by atoms with Gasteiger partial charge < -0.3 is 5.32 Å². The summed E-state index contributed by atoms with van der Waals surface area (Å²) in [6, 6.07) is 11.6. The van der Waals surface area contributed by atoms with Gasteiger partial charge >= 0.3 is 0 Å². The van der Waals surface area contributed by atoms with Crippen LogP contribution in [0.15, 0.2) is 36.5 Å². The van der Waals surface area contributed by atoms with E-state index in [4.69, 9.17) is 5.26 Å². The van der Waals surface area contributed by atoms with Gasteiger partial charge in [0.1, 0.15) is 11.8 Å². The van der Waals surface area contributed by atoms with Crippen LogP contribution in [0.2, 0.25) is 0 Å². The van der Waals surface area contributed by atoms with E-state index in [9.17, 15) is 0 Å². The zero-order valence-corrected chi connectivity index (χ0v) is 9.51. The molecule has 0 saturated carbocycles. The Balaban J connectivity index is 2.16. The Hall–Kier alpha value is -2.41. The standard InChI is InChI=1S/C13H12N4/c1-2-10-3-5-11(6-4-10)16-13-15-8-7-12(9-14)17-13/h3-8H,2H2,1H3,(H,15,16,17). The molecule has 0 aliphatic heterocycles. The fraction of sp³-hybridized carbons (Fsp3) is 0.154. The van der Waals surface area contributed by atoms with Crippen LogP contribution in [0.3, 0.4) is 0 Å². The third-order valence-electron chi connectivity index (χ3n) is 2.39. The van der Waals surface area contributed by atoms with E-state index in [2.05, 4.69) is 34.3 Å². The summed E-state index contributed by atoms with van der Waals surface area (Å²) in [7, 11) is 0. The number of hydrogen-bond acceptors (Lipinski definition) is 4. The average molecular weight is 224 g/mol. The first-order valence-corrected chi connectivity index (χ1v) is 5.41. The van der Waals surface area contributed by atoms with Crippen molar-refractivity contribution in [3.8, 4) is 6.07 Å². The summed E-state index contributed by atoms with van der Waals surface area (Å²) < 4.78 is 0. The SMILES string of the molecule is CCc1ccc(Nc2nccc(C#N)n2)cc1. The number of anilines is 2. The fourth-order valence-electron chi connectivity index (χ4n) is 1.43. The average Bonchev–Trinajstić information content (AvgIpc) is 2.40. The molecule has 1 N–H and O–H groups in total. The lowest BCUT2D eigenvalue weighted by atomic mass is 10.1. The molecule has 0 aliphatic rings. The highest BCUT2D eigenvalue weighted by molar-refractivity contribution is 5.53. The van der Waals surface area contributed by atoms with E-state index in [1.54, 1.807) is 12.3 Å². The largest absolute Gasteiger partial charge is 0.324 e. The first-order valence-electron chi connectivity index (χ1n) is 5.41. The van der Waals surface area contributed by atoms with Crippen molar-refractivity contribution in [1.29, 1.82) is 5.26 Å². The summed E-state index contributed by atoms with van der Waals surface area (Å²) in [6.07, 6.45) is 2.58. The minimum Gasteiger partial charge on any atom is -0.324 e. The van der Waals surface area contributed by atoms with Gasteiger partial charge in [-0.2, -0.15) is 5.26 Å². The molecule has 0 bridgehead atoms. The van der Waals surface area contributed by atoms with Crippen molar-refractivity contribution in [3.63, 3.8) is 0 Å². The van der Waals surface area contributed by atoms with Crippen molar-refractivity contribution >= 4 is 11.6 Å². The van der Waals surface area contributed by atoms with Crippen molar-refractivity contribution in [1.82, 2.24) is 9.97 Å². The van der Waals surface area contributed by atoms with Gasteiger partial charge in [0.2, 0.25) is 5.95 Å². The van der Waals surface area contributed by atoms with Crippen LogP contribution in [0.25, 0.3) is 0 Å². The monoisotopic (exact) mass is 224 g/mol. The number of aryl methyl sites for hydroxylation is 1. The molecular formula is C13H12N4. The van der Waals surface area contributed by atoms with Gasteiger partial charge in [0.05, 0.1) is 0 Å². The van der Waals surface area contributed by atoms with Gasteiger partial charge in [-0.3, -0.25) is 0 Å². The maximum atomic E-state index is 8.73. The van der Waals surface area contributed by atoms with Crippen molar-refractivity contribution in [2.45, 2.75) is 13.3 Å². The van der Waals surface area contributed by atoms with E-state index in [0.717, 1.165) is 12.1 Å². The molecule has 0 fully saturated rings.